The SMILES string of the molecule is CNCCCC(=O)OC(C)(C)C.COc1ccc2c3c1OC1C(OC(=O)N(C)CCCC(=O)OC(C)(C)C)=CCC4[C@@H](C2)N(C)CC[C@]314. The van der Waals surface area contributed by atoms with E-state index in [9.17, 15) is 14.4 Å². The number of carbonyl (C=O) groups is 3. The van der Waals surface area contributed by atoms with Crippen molar-refractivity contribution >= 4 is 18.0 Å². The molecule has 1 spiro atoms. The number of likely N-dealkylation sites (N-methyl/N-ethyl adjacent to an activating group) is 1. The van der Waals surface area contributed by atoms with Crippen LogP contribution >= 0.6 is 0 Å². The zero-order chi connectivity index (χ0) is 35.4. The van der Waals surface area contributed by atoms with Crippen LogP contribution in [0.3, 0.4) is 0 Å². The molecule has 2 bridgehead atoms. The van der Waals surface area contributed by atoms with E-state index in [2.05, 4.69) is 29.4 Å². The number of hydrogen-bond donors (Lipinski definition) is 1. The van der Waals surface area contributed by atoms with Crippen LogP contribution in [-0.2, 0) is 35.6 Å². The molecule has 1 saturated heterocycles. The van der Waals surface area contributed by atoms with E-state index in [4.69, 9.17) is 23.7 Å². The van der Waals surface area contributed by atoms with Gasteiger partial charge >= 0.3 is 18.0 Å². The number of nitrogens with one attached hydrogen (secondary N) is 1. The van der Waals surface area contributed by atoms with Crippen LogP contribution in [0.25, 0.3) is 0 Å². The number of piperidine rings is 1. The number of carbonyl (C=O) groups excluding carboxylic acids is 3. The molecule has 268 valence electrons. The van der Waals surface area contributed by atoms with Gasteiger partial charge in [-0.2, -0.15) is 0 Å². The number of rotatable bonds is 10. The van der Waals surface area contributed by atoms with Crippen LogP contribution in [0, 0.1) is 5.92 Å². The van der Waals surface area contributed by atoms with E-state index in [1.807, 2.05) is 54.7 Å². The van der Waals surface area contributed by atoms with Gasteiger partial charge in [-0.25, -0.2) is 4.79 Å². The molecular weight excluding hydrogens is 614 g/mol. The van der Waals surface area contributed by atoms with E-state index in [0.29, 0.717) is 37.1 Å². The standard InChI is InChI=1S/C28H38N2O6.C9H19NO2/c1-27(2,3)36-22(31)8-7-14-30(5)26(32)34-21-12-10-18-19-16-17-9-11-20(33-6)24-23(17)28(18,25(21)35-24)13-15-29(19)4;1-9(2,3)12-8(11)6-5-7-10-4/h9,11-12,18-19,25H,7-8,10,13-16H2,1-6H3;10H,5-7H2,1-4H3/t18?,19-,25?,28+;/m1./s1. The van der Waals surface area contributed by atoms with E-state index in [1.165, 1.54) is 16.0 Å². The first-order valence-electron chi connectivity index (χ1n) is 17.3. The maximum atomic E-state index is 13.0. The van der Waals surface area contributed by atoms with Crippen molar-refractivity contribution in [2.45, 2.75) is 115 Å². The molecule has 48 heavy (non-hydrogen) atoms. The summed E-state index contributed by atoms with van der Waals surface area (Å²) in [6.07, 6.45) is 6.14. The number of benzene rings is 1. The Balaban J connectivity index is 0.000000371. The number of amides is 1. The van der Waals surface area contributed by atoms with Crippen molar-refractivity contribution in [3.05, 3.63) is 35.1 Å². The molecular formula is C37H57N3O8. The second kappa shape index (κ2) is 15.1. The topological polar surface area (TPSA) is 116 Å². The molecule has 1 aromatic carbocycles. The van der Waals surface area contributed by atoms with Crippen LogP contribution in [0.4, 0.5) is 4.79 Å². The largest absolute Gasteiger partial charge is 0.493 e. The summed E-state index contributed by atoms with van der Waals surface area (Å²) < 4.78 is 28.8. The minimum absolute atomic E-state index is 0.113. The second-order valence-corrected chi connectivity index (χ2v) is 15.4. The van der Waals surface area contributed by atoms with Gasteiger partial charge < -0.3 is 38.8 Å². The number of methoxy groups -OCH3 is 1. The summed E-state index contributed by atoms with van der Waals surface area (Å²) in [6, 6.07) is 4.60. The number of nitrogens with zero attached hydrogens (tertiary/aromatic N) is 2. The van der Waals surface area contributed by atoms with E-state index >= 15 is 0 Å². The third-order valence-corrected chi connectivity index (χ3v) is 9.47. The molecule has 1 fully saturated rings. The molecule has 2 heterocycles. The quantitative estimate of drug-likeness (QED) is 0.198. The molecule has 1 amide bonds. The molecule has 5 rings (SSSR count). The number of hydrogen-bond acceptors (Lipinski definition) is 10. The van der Waals surface area contributed by atoms with Crippen molar-refractivity contribution in [3.63, 3.8) is 0 Å². The van der Waals surface area contributed by atoms with E-state index < -0.39 is 11.7 Å². The molecule has 11 nitrogen and oxygen atoms in total. The lowest BCUT2D eigenvalue weighted by Crippen LogP contribution is -2.63. The molecule has 4 atom stereocenters. The van der Waals surface area contributed by atoms with Gasteiger partial charge in [0.15, 0.2) is 17.6 Å². The normalized spacial score (nSPS) is 23.8. The van der Waals surface area contributed by atoms with Gasteiger partial charge in [0.25, 0.3) is 0 Å². The molecule has 2 aliphatic carbocycles. The van der Waals surface area contributed by atoms with Crippen LogP contribution in [0.5, 0.6) is 11.5 Å². The summed E-state index contributed by atoms with van der Waals surface area (Å²) in [4.78, 5) is 40.1. The predicted octanol–water partition coefficient (Wildman–Crippen LogP) is 5.38. The average molecular weight is 672 g/mol. The predicted molar refractivity (Wildman–Crippen MR) is 183 cm³/mol. The molecule has 4 aliphatic rings. The molecule has 2 unspecified atom stereocenters. The van der Waals surface area contributed by atoms with Gasteiger partial charge in [0, 0.05) is 43.5 Å². The highest BCUT2D eigenvalue weighted by atomic mass is 16.6. The third-order valence-electron chi connectivity index (χ3n) is 9.47. The van der Waals surface area contributed by atoms with Crippen LogP contribution in [0.15, 0.2) is 24.0 Å². The van der Waals surface area contributed by atoms with Crippen molar-refractivity contribution in [1.29, 1.82) is 0 Å². The van der Waals surface area contributed by atoms with Crippen molar-refractivity contribution in [3.8, 4) is 11.5 Å². The highest BCUT2D eigenvalue weighted by molar-refractivity contribution is 5.71. The van der Waals surface area contributed by atoms with Crippen molar-refractivity contribution in [2.75, 3.05) is 47.9 Å². The Hall–Kier alpha value is -3.31. The Morgan fingerprint density at radius 1 is 1.04 bits per heavy atom. The van der Waals surface area contributed by atoms with Gasteiger partial charge in [-0.3, -0.25) is 9.59 Å². The van der Waals surface area contributed by atoms with Crippen LogP contribution in [0.2, 0.25) is 0 Å². The lowest BCUT2D eigenvalue weighted by atomic mass is 9.53. The van der Waals surface area contributed by atoms with Crippen molar-refractivity contribution in [2.24, 2.45) is 5.92 Å². The van der Waals surface area contributed by atoms with Crippen LogP contribution in [0.1, 0.15) is 91.2 Å². The Morgan fingerprint density at radius 3 is 2.29 bits per heavy atom. The number of ether oxygens (including phenoxy) is 5. The fraction of sp³-hybridized carbons (Fsp3) is 0.703. The van der Waals surface area contributed by atoms with Gasteiger partial charge in [0.05, 0.1) is 7.11 Å². The highest BCUT2D eigenvalue weighted by Gasteiger charge is 2.64. The Labute approximate surface area is 286 Å². The smallest absolute Gasteiger partial charge is 0.414 e. The Kier molecular flexibility index (Phi) is 11.8. The van der Waals surface area contributed by atoms with Gasteiger partial charge in [-0.05, 0) is 124 Å². The van der Waals surface area contributed by atoms with Gasteiger partial charge in [0.1, 0.15) is 17.0 Å². The van der Waals surface area contributed by atoms with E-state index in [0.717, 1.165) is 50.3 Å². The molecule has 0 radical (unpaired) electrons. The maximum Gasteiger partial charge on any atom is 0.414 e. The lowest BCUT2D eigenvalue weighted by molar-refractivity contribution is -0.156. The first kappa shape index (κ1) is 37.5. The molecule has 1 N–H and O–H groups in total. The molecule has 1 aromatic rings. The fourth-order valence-corrected chi connectivity index (χ4v) is 7.49. The van der Waals surface area contributed by atoms with Gasteiger partial charge in [-0.15, -0.1) is 0 Å². The Morgan fingerprint density at radius 2 is 1.69 bits per heavy atom. The van der Waals surface area contributed by atoms with Crippen molar-refractivity contribution in [1.82, 2.24) is 15.1 Å². The summed E-state index contributed by atoms with van der Waals surface area (Å²) in [5.41, 5.74) is 1.49. The molecule has 0 saturated carbocycles. The first-order chi connectivity index (χ1) is 22.5. The zero-order valence-electron chi connectivity index (χ0n) is 30.7. The van der Waals surface area contributed by atoms with Crippen LogP contribution in [-0.4, -0.2) is 99.1 Å². The summed E-state index contributed by atoms with van der Waals surface area (Å²) >= 11 is 0. The summed E-state index contributed by atoms with van der Waals surface area (Å²) in [6.45, 7) is 13.4. The average Bonchev–Trinajstić information content (AvgIpc) is 3.34. The number of esters is 2. The number of likely N-dealkylation sites (tertiary alicyclic amines) is 1. The number of allylic oxidation sites excluding steroid dienone is 1. The minimum atomic E-state index is -0.514. The summed E-state index contributed by atoms with van der Waals surface area (Å²) in [7, 11) is 7.44. The monoisotopic (exact) mass is 671 g/mol. The summed E-state index contributed by atoms with van der Waals surface area (Å²) in [5.74, 6) is 2.15. The Bertz CT molecular complexity index is 1360. The third kappa shape index (κ3) is 8.45. The van der Waals surface area contributed by atoms with Gasteiger partial charge in [-0.1, -0.05) is 6.07 Å². The second-order valence-electron chi connectivity index (χ2n) is 15.4. The highest BCUT2D eigenvalue weighted by Crippen LogP contribution is 2.63. The first-order valence-corrected chi connectivity index (χ1v) is 17.3. The van der Waals surface area contributed by atoms with E-state index in [1.54, 1.807) is 14.2 Å². The molecule has 0 aromatic heterocycles. The summed E-state index contributed by atoms with van der Waals surface area (Å²) in [5, 5.41) is 2.98. The van der Waals surface area contributed by atoms with Gasteiger partial charge in [0.2, 0.25) is 0 Å². The fourth-order valence-electron chi connectivity index (χ4n) is 7.49. The maximum absolute atomic E-state index is 13.0. The lowest BCUT2D eigenvalue weighted by Gasteiger charge is -2.56. The van der Waals surface area contributed by atoms with Crippen LogP contribution < -0.4 is 14.8 Å². The van der Waals surface area contributed by atoms with E-state index in [-0.39, 0.29) is 35.5 Å². The molecule has 2 aliphatic heterocycles. The zero-order valence-corrected chi connectivity index (χ0v) is 30.7. The molecule has 11 heteroatoms. The van der Waals surface area contributed by atoms with Crippen molar-refractivity contribution < 1.29 is 38.1 Å². The minimum Gasteiger partial charge on any atom is -0.493 e.